The average Bonchev–Trinajstić information content (AvgIpc) is 1.30. The van der Waals surface area contributed by atoms with Crippen molar-refractivity contribution in [1.29, 1.82) is 0 Å². The minimum atomic E-state index is -3.01. The van der Waals surface area contributed by atoms with Crippen LogP contribution in [-0.2, 0) is 30.1 Å². The Bertz CT molecular complexity index is 4350. The molecule has 0 saturated heterocycles. The second-order valence-corrected chi connectivity index (χ2v) is 20.2. The molecular weight excluding hydrogens is 1170 g/mol. The Morgan fingerprint density at radius 1 is 0.345 bits per heavy atom. The number of fused-ring (bicyclic) bond motifs is 8. The number of hydrogen-bond acceptors (Lipinski definition) is 31. The average molecular weight is 1210 g/mol. The van der Waals surface area contributed by atoms with Crippen molar-refractivity contribution < 1.29 is 155 Å². The van der Waals surface area contributed by atoms with E-state index in [2.05, 4.69) is 0 Å². The van der Waals surface area contributed by atoms with Gasteiger partial charge >= 0.3 is 29.8 Å². The number of carbonyl (C=O) groups excluding carboxylic acids is 5. The van der Waals surface area contributed by atoms with E-state index in [1.807, 2.05) is 0 Å². The molecule has 7 aromatic carbocycles. The number of cyclic esters (lactones) is 1. The maximum absolute atomic E-state index is 15.8. The SMILES string of the molecule is O=C1OC[C@@H]2OC(=O)c3cc(O)c(O)c(O)c3-c3c(O)c(O)c(O)c4c3C(=O)O[C@H]([C@H]3OC(=O)c5c-4c(O)c(O)c(O)c5[C@@H]3c3c(O)cc4c(c3O)C[C@H](O)[C@@H](c3ccc(O)c(O)c3)O4)[C@@H]2OC(=O)c2cc(O)c(O)c(O)c2-c2c1cc(O)c(O)c2O. The van der Waals surface area contributed by atoms with Crippen LogP contribution in [0.15, 0.2) is 42.5 Å². The molecule has 448 valence electrons. The number of phenolic OH excluding ortho intramolecular Hbond substituents is 19. The maximum atomic E-state index is 15.8. The van der Waals surface area contributed by atoms with Crippen LogP contribution in [0.2, 0.25) is 0 Å². The molecule has 0 saturated carbocycles. The fourth-order valence-corrected chi connectivity index (χ4v) is 11.6. The number of aromatic hydroxyl groups is 19. The van der Waals surface area contributed by atoms with Gasteiger partial charge in [0.05, 0.1) is 39.8 Å². The largest absolute Gasteiger partial charge is 0.507 e. The Labute approximate surface area is 479 Å². The number of aliphatic hydroxyl groups is 1. The Morgan fingerprint density at radius 3 is 1.37 bits per heavy atom. The highest BCUT2D eigenvalue weighted by molar-refractivity contribution is 6.17. The third kappa shape index (κ3) is 7.75. The summed E-state index contributed by atoms with van der Waals surface area (Å²) in [6.07, 6.45) is -15.4. The van der Waals surface area contributed by atoms with E-state index in [0.29, 0.717) is 12.1 Å². The predicted octanol–water partition coefficient (Wildman–Crippen LogP) is 3.28. The molecule has 6 aliphatic heterocycles. The number of ether oxygens (including phenoxy) is 6. The van der Waals surface area contributed by atoms with Crippen molar-refractivity contribution in [2.75, 3.05) is 6.61 Å². The van der Waals surface area contributed by atoms with Gasteiger partial charge in [0, 0.05) is 62.6 Å². The fraction of sp³-hybridized carbons (Fsp3) is 0.161. The third-order valence-corrected chi connectivity index (χ3v) is 15.5. The standard InChI is InChI=1S/C56H38O31/c57-15-2-1-10(3-16(15)58)48-21(63)4-11-22(83-48)8-17(59)27(35(11)64)32-31-34-30(44(73)47(76)45(31)74)29-33-28(42(71)46(75)43(29)72)26-14(7-20(62)38(67)41(26)70)53(78)84-23-9-82-52(77)12-5-18(60)36(65)39(68)24(12)25-13(6-19(61)37(66)40(25)69)54(79)85-49(23)51(87-56(33)81)50(32)86-55(34)80/h1-3,5-8,21,23,32,48-51,57-76H,4,9H2/t21-,23-,32-,48+,49+,50-,51-/m0/s1. The summed E-state index contributed by atoms with van der Waals surface area (Å²) < 4.78 is 35.3. The predicted molar refractivity (Wildman–Crippen MR) is 276 cm³/mol. The molecule has 87 heavy (non-hydrogen) atoms. The highest BCUT2D eigenvalue weighted by Gasteiger charge is 2.57. The zero-order chi connectivity index (χ0) is 62.7. The van der Waals surface area contributed by atoms with E-state index in [-0.39, 0.29) is 11.6 Å². The third-order valence-electron chi connectivity index (χ3n) is 15.5. The minimum absolute atomic E-state index is 0.0205. The monoisotopic (exact) mass is 1210 g/mol. The summed E-state index contributed by atoms with van der Waals surface area (Å²) in [5.41, 5.74) is -17.4. The van der Waals surface area contributed by atoms with Gasteiger partial charge in [0.25, 0.3) is 0 Å². The number of carbonyl (C=O) groups is 5. The van der Waals surface area contributed by atoms with Gasteiger partial charge in [-0.2, -0.15) is 0 Å². The molecular formula is C56H38O31. The Morgan fingerprint density at radius 2 is 0.805 bits per heavy atom. The van der Waals surface area contributed by atoms with Gasteiger partial charge in [-0.05, 0) is 35.9 Å². The van der Waals surface area contributed by atoms with Crippen molar-refractivity contribution >= 4 is 29.8 Å². The number of esters is 5. The fourth-order valence-electron chi connectivity index (χ4n) is 11.6. The van der Waals surface area contributed by atoms with E-state index in [1.54, 1.807) is 0 Å². The second kappa shape index (κ2) is 18.9. The van der Waals surface area contributed by atoms with Crippen LogP contribution in [0.3, 0.4) is 0 Å². The first-order valence-corrected chi connectivity index (χ1v) is 25.0. The first-order chi connectivity index (χ1) is 41.0. The molecule has 6 heterocycles. The van der Waals surface area contributed by atoms with E-state index < -0.39 is 278 Å². The van der Waals surface area contributed by atoms with Gasteiger partial charge in [0.2, 0.25) is 28.7 Å². The summed E-state index contributed by atoms with van der Waals surface area (Å²) in [5.74, 6) is -40.4. The van der Waals surface area contributed by atoms with Crippen molar-refractivity contribution in [3.05, 3.63) is 92.5 Å². The van der Waals surface area contributed by atoms with Crippen molar-refractivity contribution in [1.82, 2.24) is 0 Å². The Balaban J connectivity index is 1.21. The molecule has 7 aromatic rings. The molecule has 20 N–H and O–H groups in total. The van der Waals surface area contributed by atoms with Crippen LogP contribution in [0.1, 0.15) is 86.1 Å². The zero-order valence-electron chi connectivity index (χ0n) is 42.9. The van der Waals surface area contributed by atoms with Crippen LogP contribution in [0.4, 0.5) is 0 Å². The second-order valence-electron chi connectivity index (χ2n) is 20.2. The van der Waals surface area contributed by atoms with Crippen molar-refractivity contribution in [2.45, 2.75) is 49.0 Å². The lowest BCUT2D eigenvalue weighted by molar-refractivity contribution is -0.135. The summed E-state index contributed by atoms with van der Waals surface area (Å²) in [4.78, 5) is 75.8. The minimum Gasteiger partial charge on any atom is -0.507 e. The summed E-state index contributed by atoms with van der Waals surface area (Å²) in [7, 11) is 0. The number of hydrogen-bond donors (Lipinski definition) is 20. The van der Waals surface area contributed by atoms with Gasteiger partial charge in [-0.3, -0.25) is 0 Å². The molecule has 0 fully saturated rings. The molecule has 31 heteroatoms. The zero-order valence-corrected chi connectivity index (χ0v) is 42.9. The smallest absolute Gasteiger partial charge is 0.340 e. The topological polar surface area (TPSA) is 545 Å². The molecule has 6 bridgehead atoms. The van der Waals surface area contributed by atoms with Crippen molar-refractivity contribution in [3.8, 4) is 148 Å². The van der Waals surface area contributed by atoms with Crippen LogP contribution < -0.4 is 4.74 Å². The number of rotatable bonds is 2. The first kappa shape index (κ1) is 55.4. The lowest BCUT2D eigenvalue weighted by Crippen LogP contribution is -2.56. The first-order valence-electron chi connectivity index (χ1n) is 25.0. The van der Waals surface area contributed by atoms with Crippen LogP contribution in [-0.4, -0.2) is 169 Å². The van der Waals surface area contributed by atoms with E-state index in [0.717, 1.165) is 18.2 Å². The van der Waals surface area contributed by atoms with Gasteiger partial charge in [0.1, 0.15) is 30.0 Å². The van der Waals surface area contributed by atoms with E-state index in [1.165, 1.54) is 6.07 Å². The van der Waals surface area contributed by atoms with Crippen LogP contribution in [0.25, 0.3) is 33.4 Å². The maximum Gasteiger partial charge on any atom is 0.340 e. The summed E-state index contributed by atoms with van der Waals surface area (Å²) in [5, 5.41) is 228. The highest BCUT2D eigenvalue weighted by Crippen LogP contribution is 2.64. The van der Waals surface area contributed by atoms with Gasteiger partial charge in [-0.25, -0.2) is 24.0 Å². The summed E-state index contributed by atoms with van der Waals surface area (Å²) in [6.45, 7) is -1.63. The van der Waals surface area contributed by atoms with Crippen molar-refractivity contribution in [2.24, 2.45) is 0 Å². The van der Waals surface area contributed by atoms with Crippen LogP contribution in [0, 0.1) is 0 Å². The lowest BCUT2D eigenvalue weighted by Gasteiger charge is -2.43. The quantitative estimate of drug-likeness (QED) is 0.0671. The van der Waals surface area contributed by atoms with Gasteiger partial charge < -0.3 is 131 Å². The van der Waals surface area contributed by atoms with E-state index in [4.69, 9.17) is 28.4 Å². The summed E-state index contributed by atoms with van der Waals surface area (Å²) >= 11 is 0. The highest BCUT2D eigenvalue weighted by atomic mass is 16.6. The van der Waals surface area contributed by atoms with Crippen LogP contribution in [0.5, 0.6) is 115 Å². The molecule has 0 aliphatic carbocycles. The van der Waals surface area contributed by atoms with Gasteiger partial charge in [0.15, 0.2) is 93.4 Å². The molecule has 6 aliphatic rings. The molecule has 0 spiro atoms. The van der Waals surface area contributed by atoms with E-state index >= 15 is 19.2 Å². The summed E-state index contributed by atoms with van der Waals surface area (Å²) in [6, 6.07) is 5.01. The Hall–Kier alpha value is -12.2. The molecule has 0 unspecified atom stereocenters. The molecule has 13 rings (SSSR count). The molecule has 7 atom stereocenters. The number of benzene rings is 7. The molecule has 0 amide bonds. The molecule has 31 nitrogen and oxygen atoms in total. The number of phenols is 19. The van der Waals surface area contributed by atoms with Crippen molar-refractivity contribution in [3.63, 3.8) is 0 Å². The van der Waals surface area contributed by atoms with Gasteiger partial charge in [-0.15, -0.1) is 0 Å². The number of aliphatic hydroxyl groups excluding tert-OH is 1. The van der Waals surface area contributed by atoms with E-state index in [9.17, 15) is 107 Å². The normalized spacial score (nSPS) is 20.9. The van der Waals surface area contributed by atoms with Crippen LogP contribution >= 0.6 is 0 Å². The molecule has 0 aromatic heterocycles. The Kier molecular flexibility index (Phi) is 12.1. The lowest BCUT2D eigenvalue weighted by atomic mass is 9.73. The van der Waals surface area contributed by atoms with Gasteiger partial charge in [-0.1, -0.05) is 6.07 Å². The molecule has 0 radical (unpaired) electrons.